The average molecular weight is 161 g/mol. The lowest BCUT2D eigenvalue weighted by Gasteiger charge is -2.25. The summed E-state index contributed by atoms with van der Waals surface area (Å²) in [6.07, 6.45) is 0.155. The van der Waals surface area contributed by atoms with E-state index >= 15 is 0 Å². The van der Waals surface area contributed by atoms with E-state index in [1.54, 1.807) is 6.92 Å². The molecule has 2 N–H and O–H groups in total. The molecule has 0 fully saturated rings. The van der Waals surface area contributed by atoms with Crippen LogP contribution in [0.2, 0.25) is 0 Å². The quantitative estimate of drug-likeness (QED) is 0.633. The Balaban J connectivity index is 3.96. The lowest BCUT2D eigenvalue weighted by atomic mass is 10.0. The Hall–Kier alpha value is -0.770. The molecule has 1 atom stereocenters. The molecule has 1 unspecified atom stereocenters. The molecular weight excluding hydrogens is 146 g/mol. The number of methoxy groups -OCH3 is 1. The first kappa shape index (κ1) is 10.2. The summed E-state index contributed by atoms with van der Waals surface area (Å²) < 4.78 is 4.39. The van der Waals surface area contributed by atoms with E-state index < -0.39 is 11.6 Å². The standard InChI is InChI=1S/C7H15NO3/c1-4-7(2,5-9)8-6(10)11-3/h9H,4-5H2,1-3H3,(H,8,10). The number of hydrogen-bond donors (Lipinski definition) is 2. The fraction of sp³-hybridized carbons (Fsp3) is 0.857. The number of rotatable bonds is 3. The molecule has 0 aromatic heterocycles. The third-order valence-electron chi connectivity index (χ3n) is 1.72. The number of hydrogen-bond acceptors (Lipinski definition) is 3. The molecule has 0 saturated carbocycles. The predicted molar refractivity (Wildman–Crippen MR) is 41.3 cm³/mol. The third-order valence-corrected chi connectivity index (χ3v) is 1.72. The zero-order valence-electron chi connectivity index (χ0n) is 7.18. The Morgan fingerprint density at radius 3 is 2.55 bits per heavy atom. The van der Waals surface area contributed by atoms with Crippen LogP contribution in [-0.4, -0.2) is 30.5 Å². The lowest BCUT2D eigenvalue weighted by molar-refractivity contribution is 0.130. The molecule has 0 bridgehead atoms. The summed E-state index contributed by atoms with van der Waals surface area (Å²) in [5.41, 5.74) is -0.562. The highest BCUT2D eigenvalue weighted by Gasteiger charge is 2.23. The molecule has 0 radical (unpaired) electrons. The van der Waals surface area contributed by atoms with Gasteiger partial charge in [-0.2, -0.15) is 0 Å². The fourth-order valence-corrected chi connectivity index (χ4v) is 0.537. The number of aliphatic hydroxyl groups excluding tert-OH is 1. The van der Waals surface area contributed by atoms with Crippen LogP contribution in [0.15, 0.2) is 0 Å². The minimum Gasteiger partial charge on any atom is -0.453 e. The van der Waals surface area contributed by atoms with Gasteiger partial charge in [0, 0.05) is 0 Å². The van der Waals surface area contributed by atoms with Crippen LogP contribution >= 0.6 is 0 Å². The maximum Gasteiger partial charge on any atom is 0.407 e. The molecule has 0 rings (SSSR count). The van der Waals surface area contributed by atoms with Crippen molar-refractivity contribution in [2.75, 3.05) is 13.7 Å². The fourth-order valence-electron chi connectivity index (χ4n) is 0.537. The van der Waals surface area contributed by atoms with Crippen molar-refractivity contribution in [1.29, 1.82) is 0 Å². The van der Waals surface area contributed by atoms with Crippen molar-refractivity contribution in [3.05, 3.63) is 0 Å². The van der Waals surface area contributed by atoms with Gasteiger partial charge in [-0.05, 0) is 13.3 Å². The topological polar surface area (TPSA) is 58.6 Å². The van der Waals surface area contributed by atoms with Gasteiger partial charge in [-0.3, -0.25) is 0 Å². The number of aliphatic hydroxyl groups is 1. The SMILES string of the molecule is CCC(C)(CO)NC(=O)OC. The first-order valence-corrected chi connectivity index (χ1v) is 3.55. The Labute approximate surface area is 66.5 Å². The van der Waals surface area contributed by atoms with Gasteiger partial charge in [-0.1, -0.05) is 6.92 Å². The summed E-state index contributed by atoms with van der Waals surface area (Å²) in [4.78, 5) is 10.7. The van der Waals surface area contributed by atoms with E-state index in [0.717, 1.165) is 0 Å². The van der Waals surface area contributed by atoms with Crippen LogP contribution in [0.4, 0.5) is 4.79 Å². The molecule has 0 heterocycles. The van der Waals surface area contributed by atoms with E-state index in [4.69, 9.17) is 5.11 Å². The molecule has 0 aliphatic rings. The van der Waals surface area contributed by atoms with Gasteiger partial charge in [-0.25, -0.2) is 4.79 Å². The largest absolute Gasteiger partial charge is 0.453 e. The lowest BCUT2D eigenvalue weighted by Crippen LogP contribution is -2.48. The molecule has 0 spiro atoms. The van der Waals surface area contributed by atoms with Gasteiger partial charge in [0.25, 0.3) is 0 Å². The Morgan fingerprint density at radius 1 is 1.73 bits per heavy atom. The van der Waals surface area contributed by atoms with E-state index in [0.29, 0.717) is 6.42 Å². The third kappa shape index (κ3) is 3.23. The van der Waals surface area contributed by atoms with Crippen molar-refractivity contribution in [3.63, 3.8) is 0 Å². The minimum atomic E-state index is -0.562. The van der Waals surface area contributed by atoms with E-state index in [-0.39, 0.29) is 6.61 Å². The first-order chi connectivity index (χ1) is 5.08. The molecule has 0 saturated heterocycles. The van der Waals surface area contributed by atoms with Gasteiger partial charge in [0.05, 0.1) is 19.3 Å². The van der Waals surface area contributed by atoms with Crippen LogP contribution in [0.1, 0.15) is 20.3 Å². The number of carbonyl (C=O) groups excluding carboxylic acids is 1. The normalized spacial score (nSPS) is 15.3. The maximum absolute atomic E-state index is 10.7. The summed E-state index contributed by atoms with van der Waals surface area (Å²) >= 11 is 0. The molecule has 0 aliphatic carbocycles. The van der Waals surface area contributed by atoms with E-state index in [1.807, 2.05) is 6.92 Å². The average Bonchev–Trinajstić information content (AvgIpc) is 2.04. The zero-order valence-corrected chi connectivity index (χ0v) is 7.18. The highest BCUT2D eigenvalue weighted by atomic mass is 16.5. The van der Waals surface area contributed by atoms with Gasteiger partial charge in [0.15, 0.2) is 0 Å². The van der Waals surface area contributed by atoms with Crippen molar-refractivity contribution >= 4 is 6.09 Å². The van der Waals surface area contributed by atoms with Crippen LogP contribution in [0, 0.1) is 0 Å². The summed E-state index contributed by atoms with van der Waals surface area (Å²) in [5, 5.41) is 11.4. The summed E-state index contributed by atoms with van der Waals surface area (Å²) in [6, 6.07) is 0. The molecule has 0 aromatic carbocycles. The van der Waals surface area contributed by atoms with Crippen LogP contribution < -0.4 is 5.32 Å². The smallest absolute Gasteiger partial charge is 0.407 e. The number of carbonyl (C=O) groups is 1. The number of nitrogens with one attached hydrogen (secondary N) is 1. The number of alkyl carbamates (subject to hydrolysis) is 1. The van der Waals surface area contributed by atoms with E-state index in [1.165, 1.54) is 7.11 Å². The Bertz CT molecular complexity index is 132. The second kappa shape index (κ2) is 4.18. The minimum absolute atomic E-state index is 0.0847. The van der Waals surface area contributed by atoms with Crippen molar-refractivity contribution in [3.8, 4) is 0 Å². The molecule has 66 valence electrons. The molecule has 0 aliphatic heterocycles. The van der Waals surface area contributed by atoms with E-state index in [9.17, 15) is 4.79 Å². The Morgan fingerprint density at radius 2 is 2.27 bits per heavy atom. The highest BCUT2D eigenvalue weighted by molar-refractivity contribution is 5.67. The Kier molecular flexibility index (Phi) is 3.89. The van der Waals surface area contributed by atoms with Crippen molar-refractivity contribution in [2.45, 2.75) is 25.8 Å². The molecular formula is C7H15NO3. The molecule has 4 nitrogen and oxygen atoms in total. The summed E-state index contributed by atoms with van der Waals surface area (Å²) in [6.45, 7) is 3.55. The van der Waals surface area contributed by atoms with Gasteiger partial charge >= 0.3 is 6.09 Å². The zero-order chi connectivity index (χ0) is 8.91. The van der Waals surface area contributed by atoms with Crippen molar-refractivity contribution < 1.29 is 14.6 Å². The van der Waals surface area contributed by atoms with Crippen molar-refractivity contribution in [2.24, 2.45) is 0 Å². The van der Waals surface area contributed by atoms with Gasteiger partial charge in [0.1, 0.15) is 0 Å². The number of amides is 1. The second-order valence-electron chi connectivity index (χ2n) is 2.69. The molecule has 4 heteroatoms. The summed E-state index contributed by atoms with van der Waals surface area (Å²) in [5.74, 6) is 0. The van der Waals surface area contributed by atoms with Crippen LogP contribution in [-0.2, 0) is 4.74 Å². The number of ether oxygens (including phenoxy) is 1. The monoisotopic (exact) mass is 161 g/mol. The first-order valence-electron chi connectivity index (χ1n) is 3.55. The predicted octanol–water partition coefficient (Wildman–Crippen LogP) is 0.503. The summed E-state index contributed by atoms with van der Waals surface area (Å²) in [7, 11) is 1.29. The maximum atomic E-state index is 10.7. The van der Waals surface area contributed by atoms with Gasteiger partial charge in [0.2, 0.25) is 0 Å². The van der Waals surface area contributed by atoms with Crippen LogP contribution in [0.5, 0.6) is 0 Å². The van der Waals surface area contributed by atoms with Gasteiger partial charge < -0.3 is 15.2 Å². The van der Waals surface area contributed by atoms with Crippen LogP contribution in [0.25, 0.3) is 0 Å². The van der Waals surface area contributed by atoms with Crippen LogP contribution in [0.3, 0.4) is 0 Å². The molecule has 0 aromatic rings. The van der Waals surface area contributed by atoms with E-state index in [2.05, 4.69) is 10.1 Å². The molecule has 11 heavy (non-hydrogen) atoms. The van der Waals surface area contributed by atoms with Crippen molar-refractivity contribution in [1.82, 2.24) is 5.32 Å². The van der Waals surface area contributed by atoms with Gasteiger partial charge in [-0.15, -0.1) is 0 Å². The second-order valence-corrected chi connectivity index (χ2v) is 2.69. The molecule has 1 amide bonds. The highest BCUT2D eigenvalue weighted by Crippen LogP contribution is 2.07.